The Morgan fingerprint density at radius 1 is 1.21 bits per heavy atom. The number of benzene rings is 2. The van der Waals surface area contributed by atoms with Gasteiger partial charge in [0.05, 0.1) is 0 Å². The second-order valence-electron chi connectivity index (χ2n) is 3.61. The molecule has 14 heavy (non-hydrogen) atoms. The highest BCUT2D eigenvalue weighted by Crippen LogP contribution is 2.43. The predicted octanol–water partition coefficient (Wildman–Crippen LogP) is 3.00. The van der Waals surface area contributed by atoms with E-state index in [-0.39, 0.29) is 6.10 Å². The molecule has 0 aliphatic carbocycles. The second kappa shape index (κ2) is 2.41. The van der Waals surface area contributed by atoms with Crippen LogP contribution in [-0.2, 0) is 0 Å². The van der Waals surface area contributed by atoms with Crippen LogP contribution in [0.2, 0.25) is 0 Å². The van der Waals surface area contributed by atoms with E-state index in [1.54, 1.807) is 6.07 Å². The fourth-order valence-electron chi connectivity index (χ4n) is 2.08. The number of hydrogen-bond acceptors (Lipinski definition) is 2. The Balaban J connectivity index is 2.52. The number of ether oxygens (including phenoxy) is 1. The summed E-state index contributed by atoms with van der Waals surface area (Å²) in [5, 5.41) is 11.6. The van der Waals surface area contributed by atoms with E-state index < -0.39 is 0 Å². The Morgan fingerprint density at radius 2 is 2.07 bits per heavy atom. The number of rotatable bonds is 0. The van der Waals surface area contributed by atoms with Crippen molar-refractivity contribution in [1.82, 2.24) is 0 Å². The zero-order chi connectivity index (χ0) is 9.71. The highest BCUT2D eigenvalue weighted by Gasteiger charge is 2.22. The van der Waals surface area contributed by atoms with Gasteiger partial charge < -0.3 is 9.84 Å². The zero-order valence-corrected chi connectivity index (χ0v) is 7.82. The smallest absolute Gasteiger partial charge is 0.128 e. The van der Waals surface area contributed by atoms with Crippen molar-refractivity contribution >= 4 is 10.8 Å². The summed E-state index contributed by atoms with van der Waals surface area (Å²) in [6.07, 6.45) is 0.0931. The molecule has 0 spiro atoms. The average Bonchev–Trinajstić information content (AvgIpc) is 2.50. The van der Waals surface area contributed by atoms with Crippen LogP contribution in [0, 0.1) is 0 Å². The number of phenols is 1. The number of hydrogen-bond donors (Lipinski definition) is 1. The lowest BCUT2D eigenvalue weighted by molar-refractivity contribution is 0.246. The number of phenolic OH excluding ortho intramolecular Hbond substituents is 1. The van der Waals surface area contributed by atoms with Gasteiger partial charge in [-0.3, -0.25) is 0 Å². The molecule has 1 aliphatic rings. The topological polar surface area (TPSA) is 29.5 Å². The van der Waals surface area contributed by atoms with Gasteiger partial charge in [0, 0.05) is 16.3 Å². The third-order valence-corrected chi connectivity index (χ3v) is 2.75. The van der Waals surface area contributed by atoms with E-state index in [2.05, 4.69) is 0 Å². The standard InChI is InChI=1S/C12H10O2/c1-7-8-5-6-10(13)9-3-2-4-11(14-7)12(8)9/h2-7,13H,1H3. The van der Waals surface area contributed by atoms with Crippen molar-refractivity contribution < 1.29 is 9.84 Å². The Hall–Kier alpha value is -1.70. The molecule has 0 saturated heterocycles. The maximum absolute atomic E-state index is 9.68. The first-order chi connectivity index (χ1) is 6.77. The van der Waals surface area contributed by atoms with Gasteiger partial charge in [-0.05, 0) is 19.1 Å². The molecule has 2 nitrogen and oxygen atoms in total. The summed E-state index contributed by atoms with van der Waals surface area (Å²) < 4.78 is 5.67. The van der Waals surface area contributed by atoms with Crippen LogP contribution < -0.4 is 4.74 Å². The lowest BCUT2D eigenvalue weighted by Gasteiger charge is -2.03. The monoisotopic (exact) mass is 186 g/mol. The molecule has 2 aromatic rings. The van der Waals surface area contributed by atoms with Crippen LogP contribution in [0.25, 0.3) is 10.8 Å². The van der Waals surface area contributed by atoms with Gasteiger partial charge in [0.1, 0.15) is 17.6 Å². The predicted molar refractivity (Wildman–Crippen MR) is 54.7 cm³/mol. The van der Waals surface area contributed by atoms with Crippen molar-refractivity contribution in [2.24, 2.45) is 0 Å². The summed E-state index contributed by atoms with van der Waals surface area (Å²) >= 11 is 0. The first-order valence-corrected chi connectivity index (χ1v) is 4.68. The molecule has 0 bridgehead atoms. The SMILES string of the molecule is CC1Oc2cccc3c(O)ccc1c23. The minimum absolute atomic E-state index is 0.0931. The molecule has 2 aromatic carbocycles. The minimum atomic E-state index is 0.0931. The molecule has 0 saturated carbocycles. The third-order valence-electron chi connectivity index (χ3n) is 2.75. The molecule has 3 rings (SSSR count). The van der Waals surface area contributed by atoms with Crippen molar-refractivity contribution in [2.45, 2.75) is 13.0 Å². The lowest BCUT2D eigenvalue weighted by atomic mass is 10.0. The summed E-state index contributed by atoms with van der Waals surface area (Å²) in [4.78, 5) is 0. The molecule has 1 heterocycles. The molecule has 1 aliphatic heterocycles. The quantitative estimate of drug-likeness (QED) is 0.685. The van der Waals surface area contributed by atoms with Crippen LogP contribution in [0.15, 0.2) is 30.3 Å². The second-order valence-corrected chi connectivity index (χ2v) is 3.61. The first-order valence-electron chi connectivity index (χ1n) is 4.68. The van der Waals surface area contributed by atoms with Crippen molar-refractivity contribution in [3.63, 3.8) is 0 Å². The molecule has 0 amide bonds. The normalized spacial score (nSPS) is 18.5. The van der Waals surface area contributed by atoms with Gasteiger partial charge >= 0.3 is 0 Å². The molecule has 0 fully saturated rings. The lowest BCUT2D eigenvalue weighted by Crippen LogP contribution is -1.94. The first kappa shape index (κ1) is 7.68. The molecule has 1 atom stereocenters. The van der Waals surface area contributed by atoms with Gasteiger partial charge in [0.15, 0.2) is 0 Å². The molecule has 70 valence electrons. The van der Waals surface area contributed by atoms with Crippen molar-refractivity contribution in [3.8, 4) is 11.5 Å². The molecule has 1 N–H and O–H groups in total. The molecule has 0 radical (unpaired) electrons. The van der Waals surface area contributed by atoms with E-state index in [4.69, 9.17) is 4.74 Å². The average molecular weight is 186 g/mol. The van der Waals surface area contributed by atoms with Crippen LogP contribution in [0.1, 0.15) is 18.6 Å². The van der Waals surface area contributed by atoms with Gasteiger partial charge in [0.2, 0.25) is 0 Å². The third kappa shape index (κ3) is 0.803. The molecule has 2 heteroatoms. The fourth-order valence-corrected chi connectivity index (χ4v) is 2.08. The van der Waals surface area contributed by atoms with Crippen LogP contribution in [0.3, 0.4) is 0 Å². The van der Waals surface area contributed by atoms with E-state index in [0.29, 0.717) is 5.75 Å². The van der Waals surface area contributed by atoms with Gasteiger partial charge in [-0.1, -0.05) is 18.2 Å². The largest absolute Gasteiger partial charge is 0.507 e. The highest BCUT2D eigenvalue weighted by molar-refractivity contribution is 5.97. The minimum Gasteiger partial charge on any atom is -0.507 e. The molecular formula is C12H10O2. The summed E-state index contributed by atoms with van der Waals surface area (Å²) in [5.74, 6) is 1.20. The van der Waals surface area contributed by atoms with Crippen LogP contribution in [0.4, 0.5) is 0 Å². The van der Waals surface area contributed by atoms with Gasteiger partial charge in [-0.2, -0.15) is 0 Å². The van der Waals surface area contributed by atoms with E-state index >= 15 is 0 Å². The maximum atomic E-state index is 9.68. The molecule has 1 unspecified atom stereocenters. The van der Waals surface area contributed by atoms with Crippen LogP contribution in [-0.4, -0.2) is 5.11 Å². The Morgan fingerprint density at radius 3 is 2.93 bits per heavy atom. The summed E-state index contributed by atoms with van der Waals surface area (Å²) in [6, 6.07) is 9.42. The van der Waals surface area contributed by atoms with E-state index in [1.807, 2.05) is 31.2 Å². The van der Waals surface area contributed by atoms with Gasteiger partial charge in [-0.25, -0.2) is 0 Å². The Labute approximate surface area is 81.7 Å². The van der Waals surface area contributed by atoms with Crippen LogP contribution >= 0.6 is 0 Å². The summed E-state index contributed by atoms with van der Waals surface area (Å²) in [5.41, 5.74) is 1.16. The van der Waals surface area contributed by atoms with Crippen LogP contribution in [0.5, 0.6) is 11.5 Å². The van der Waals surface area contributed by atoms with E-state index in [1.165, 1.54) is 0 Å². The van der Waals surface area contributed by atoms with Crippen molar-refractivity contribution in [2.75, 3.05) is 0 Å². The highest BCUT2D eigenvalue weighted by atomic mass is 16.5. The molecular weight excluding hydrogens is 176 g/mol. The van der Waals surface area contributed by atoms with E-state index in [0.717, 1.165) is 22.1 Å². The number of aromatic hydroxyl groups is 1. The van der Waals surface area contributed by atoms with Gasteiger partial charge in [-0.15, -0.1) is 0 Å². The Kier molecular flexibility index (Phi) is 1.32. The van der Waals surface area contributed by atoms with E-state index in [9.17, 15) is 5.11 Å². The summed E-state index contributed by atoms with van der Waals surface area (Å²) in [6.45, 7) is 2.02. The Bertz CT molecular complexity index is 517. The summed E-state index contributed by atoms with van der Waals surface area (Å²) in [7, 11) is 0. The van der Waals surface area contributed by atoms with Gasteiger partial charge in [0.25, 0.3) is 0 Å². The maximum Gasteiger partial charge on any atom is 0.128 e. The van der Waals surface area contributed by atoms with Crippen molar-refractivity contribution in [3.05, 3.63) is 35.9 Å². The molecule has 0 aromatic heterocycles. The zero-order valence-electron chi connectivity index (χ0n) is 7.82. The van der Waals surface area contributed by atoms with Crippen molar-refractivity contribution in [1.29, 1.82) is 0 Å². The fraction of sp³-hybridized carbons (Fsp3) is 0.167.